The molecule has 0 aliphatic rings. The van der Waals surface area contributed by atoms with Gasteiger partial charge >= 0.3 is 6.18 Å². The van der Waals surface area contributed by atoms with Gasteiger partial charge in [0.25, 0.3) is 5.91 Å². The Morgan fingerprint density at radius 1 is 1.00 bits per heavy atom. The maximum atomic E-state index is 13.2. The van der Waals surface area contributed by atoms with Crippen LogP contribution >= 0.6 is 0 Å². The lowest BCUT2D eigenvalue weighted by Gasteiger charge is -2.10. The van der Waals surface area contributed by atoms with Gasteiger partial charge in [-0.05, 0) is 24.6 Å². The summed E-state index contributed by atoms with van der Waals surface area (Å²) >= 11 is 0. The first-order valence-electron chi connectivity index (χ1n) is 8.00. The number of amides is 1. The second kappa shape index (κ2) is 9.53. The highest BCUT2D eigenvalue weighted by molar-refractivity contribution is 5.94. The number of carbonyl (C=O) groups excluding carboxylic acids is 1. The molecule has 1 aromatic carbocycles. The molecule has 1 amide bonds. The Bertz CT molecular complexity index is 500. The van der Waals surface area contributed by atoms with E-state index in [2.05, 4.69) is 12.2 Å². The van der Waals surface area contributed by atoms with Crippen molar-refractivity contribution >= 4 is 5.91 Å². The summed E-state index contributed by atoms with van der Waals surface area (Å²) < 4.78 is 51.0. The van der Waals surface area contributed by atoms with Crippen LogP contribution in [0, 0.1) is 5.82 Å². The molecule has 0 unspecified atom stereocenters. The molecular weight excluding hydrogens is 310 g/mol. The zero-order chi connectivity index (χ0) is 17.3. The minimum atomic E-state index is -4.67. The van der Waals surface area contributed by atoms with Crippen LogP contribution in [-0.4, -0.2) is 12.5 Å². The number of rotatable bonds is 9. The summed E-state index contributed by atoms with van der Waals surface area (Å²) in [7, 11) is 0. The molecule has 0 aliphatic heterocycles. The molecule has 130 valence electrons. The molecule has 0 saturated heterocycles. The highest BCUT2D eigenvalue weighted by Gasteiger charge is 2.31. The van der Waals surface area contributed by atoms with Crippen LogP contribution in [0.15, 0.2) is 18.2 Å². The lowest BCUT2D eigenvalue weighted by atomic mass is 10.1. The van der Waals surface area contributed by atoms with Gasteiger partial charge in [0, 0.05) is 12.1 Å². The first-order valence-corrected chi connectivity index (χ1v) is 8.00. The van der Waals surface area contributed by atoms with Crippen molar-refractivity contribution < 1.29 is 22.4 Å². The number of nitrogens with one attached hydrogen (secondary N) is 1. The van der Waals surface area contributed by atoms with E-state index in [4.69, 9.17) is 0 Å². The number of alkyl halides is 3. The largest absolute Gasteiger partial charge is 0.416 e. The molecule has 0 spiro atoms. The van der Waals surface area contributed by atoms with E-state index in [1.165, 1.54) is 19.3 Å². The summed E-state index contributed by atoms with van der Waals surface area (Å²) in [6.07, 6.45) is 2.89. The molecule has 0 aliphatic carbocycles. The van der Waals surface area contributed by atoms with Crippen LogP contribution < -0.4 is 5.32 Å². The van der Waals surface area contributed by atoms with Crippen LogP contribution in [0.5, 0.6) is 0 Å². The van der Waals surface area contributed by atoms with Gasteiger partial charge in [-0.15, -0.1) is 0 Å². The monoisotopic (exact) mass is 333 g/mol. The third kappa shape index (κ3) is 7.48. The summed E-state index contributed by atoms with van der Waals surface area (Å²) in [5.41, 5.74) is -1.46. The first kappa shape index (κ1) is 19.5. The lowest BCUT2D eigenvalue weighted by Crippen LogP contribution is -2.25. The van der Waals surface area contributed by atoms with Crippen molar-refractivity contribution in [1.82, 2.24) is 5.32 Å². The van der Waals surface area contributed by atoms with Crippen molar-refractivity contribution in [3.05, 3.63) is 35.1 Å². The average Bonchev–Trinajstić information content (AvgIpc) is 2.48. The lowest BCUT2D eigenvalue weighted by molar-refractivity contribution is -0.137. The highest BCUT2D eigenvalue weighted by atomic mass is 19.4. The Hall–Kier alpha value is -1.59. The Labute approximate surface area is 134 Å². The molecule has 0 saturated carbocycles. The SMILES string of the molecule is CCCCCCCCCNC(=O)c1cc(F)cc(C(F)(F)F)c1. The summed E-state index contributed by atoms with van der Waals surface area (Å²) in [6, 6.07) is 1.87. The second-order valence-electron chi connectivity index (χ2n) is 5.60. The minimum Gasteiger partial charge on any atom is -0.352 e. The normalized spacial score (nSPS) is 11.5. The predicted molar refractivity (Wildman–Crippen MR) is 81.7 cm³/mol. The van der Waals surface area contributed by atoms with E-state index in [9.17, 15) is 22.4 Å². The van der Waals surface area contributed by atoms with Crippen LogP contribution in [0.1, 0.15) is 67.8 Å². The molecule has 0 heterocycles. The number of carbonyl (C=O) groups is 1. The quantitative estimate of drug-likeness (QED) is 0.480. The third-order valence-corrected chi connectivity index (χ3v) is 3.55. The Kier molecular flexibility index (Phi) is 8.06. The summed E-state index contributed by atoms with van der Waals surface area (Å²) in [5, 5.41) is 2.53. The molecule has 0 aromatic heterocycles. The van der Waals surface area contributed by atoms with Gasteiger partial charge in [0.05, 0.1) is 5.56 Å². The Morgan fingerprint density at radius 3 is 2.22 bits per heavy atom. The molecule has 23 heavy (non-hydrogen) atoms. The van der Waals surface area contributed by atoms with E-state index >= 15 is 0 Å². The van der Waals surface area contributed by atoms with E-state index in [1.807, 2.05) is 0 Å². The maximum Gasteiger partial charge on any atom is 0.416 e. The van der Waals surface area contributed by atoms with Gasteiger partial charge in [0.1, 0.15) is 5.82 Å². The van der Waals surface area contributed by atoms with Crippen molar-refractivity contribution in [3.8, 4) is 0 Å². The van der Waals surface area contributed by atoms with E-state index in [-0.39, 0.29) is 5.56 Å². The molecular formula is C17H23F4NO. The Balaban J connectivity index is 2.39. The smallest absolute Gasteiger partial charge is 0.352 e. The van der Waals surface area contributed by atoms with Crippen LogP contribution in [0.4, 0.5) is 17.6 Å². The fraction of sp³-hybridized carbons (Fsp3) is 0.588. The molecule has 1 aromatic rings. The number of hydrogen-bond donors (Lipinski definition) is 1. The van der Waals surface area contributed by atoms with Gasteiger partial charge in [-0.25, -0.2) is 4.39 Å². The highest BCUT2D eigenvalue weighted by Crippen LogP contribution is 2.30. The zero-order valence-electron chi connectivity index (χ0n) is 13.3. The number of benzene rings is 1. The van der Waals surface area contributed by atoms with Gasteiger partial charge in [-0.2, -0.15) is 13.2 Å². The zero-order valence-corrected chi connectivity index (χ0v) is 13.3. The number of hydrogen-bond acceptors (Lipinski definition) is 1. The van der Waals surface area contributed by atoms with Crippen molar-refractivity contribution in [3.63, 3.8) is 0 Å². The Morgan fingerprint density at radius 2 is 1.61 bits per heavy atom. The standard InChI is InChI=1S/C17H23F4NO/c1-2-3-4-5-6-7-8-9-22-16(23)13-10-14(17(19,20)21)12-15(18)11-13/h10-12H,2-9H2,1H3,(H,22,23). The van der Waals surface area contributed by atoms with Crippen molar-refractivity contribution in [2.45, 2.75) is 58.0 Å². The fourth-order valence-corrected chi connectivity index (χ4v) is 2.27. The molecule has 2 nitrogen and oxygen atoms in total. The predicted octanol–water partition coefficient (Wildman–Crippen LogP) is 5.32. The van der Waals surface area contributed by atoms with E-state index in [0.717, 1.165) is 31.7 Å². The van der Waals surface area contributed by atoms with Gasteiger partial charge in [0.15, 0.2) is 0 Å². The minimum absolute atomic E-state index is 0.305. The van der Waals surface area contributed by atoms with Gasteiger partial charge in [-0.3, -0.25) is 4.79 Å². The summed E-state index contributed by atoms with van der Waals surface area (Å²) in [6.45, 7) is 2.52. The van der Waals surface area contributed by atoms with Gasteiger partial charge < -0.3 is 5.32 Å². The topological polar surface area (TPSA) is 29.1 Å². The van der Waals surface area contributed by atoms with Crippen molar-refractivity contribution in [2.24, 2.45) is 0 Å². The fourth-order valence-electron chi connectivity index (χ4n) is 2.27. The van der Waals surface area contributed by atoms with Gasteiger partial charge in [-0.1, -0.05) is 45.4 Å². The van der Waals surface area contributed by atoms with Gasteiger partial charge in [0.2, 0.25) is 0 Å². The molecule has 0 bridgehead atoms. The van der Waals surface area contributed by atoms with Crippen LogP contribution in [0.25, 0.3) is 0 Å². The van der Waals surface area contributed by atoms with Crippen LogP contribution in [0.2, 0.25) is 0 Å². The summed E-state index contributed by atoms with van der Waals surface area (Å²) in [5.74, 6) is -1.75. The maximum absolute atomic E-state index is 13.2. The van der Waals surface area contributed by atoms with E-state index in [1.54, 1.807) is 0 Å². The number of halogens is 4. The molecule has 0 atom stereocenters. The molecule has 1 N–H and O–H groups in total. The van der Waals surface area contributed by atoms with Crippen LogP contribution in [-0.2, 0) is 6.18 Å². The second-order valence-corrected chi connectivity index (χ2v) is 5.60. The summed E-state index contributed by atoms with van der Waals surface area (Å²) in [4.78, 5) is 11.8. The molecule has 1 rings (SSSR count). The van der Waals surface area contributed by atoms with Crippen molar-refractivity contribution in [1.29, 1.82) is 0 Å². The molecule has 0 radical (unpaired) electrons. The first-order chi connectivity index (χ1) is 10.8. The van der Waals surface area contributed by atoms with Crippen molar-refractivity contribution in [2.75, 3.05) is 6.54 Å². The van der Waals surface area contributed by atoms with E-state index in [0.29, 0.717) is 18.7 Å². The average molecular weight is 333 g/mol. The van der Waals surface area contributed by atoms with Crippen LogP contribution in [0.3, 0.4) is 0 Å². The third-order valence-electron chi connectivity index (χ3n) is 3.55. The number of unbranched alkanes of at least 4 members (excludes halogenated alkanes) is 6. The molecule has 6 heteroatoms. The molecule has 0 fully saturated rings. The van der Waals surface area contributed by atoms with E-state index < -0.39 is 23.5 Å².